The van der Waals surface area contributed by atoms with Crippen LogP contribution < -0.4 is 4.74 Å². The van der Waals surface area contributed by atoms with Gasteiger partial charge in [0, 0.05) is 10.6 Å². The zero-order valence-electron chi connectivity index (χ0n) is 9.77. The number of hydrogen-bond acceptors (Lipinski definition) is 3. The van der Waals surface area contributed by atoms with Crippen molar-refractivity contribution in [2.24, 2.45) is 0 Å². The molecular formula is C13H18O2S. The van der Waals surface area contributed by atoms with Gasteiger partial charge in [-0.15, -0.1) is 11.8 Å². The van der Waals surface area contributed by atoms with Crippen LogP contribution in [0.3, 0.4) is 0 Å². The van der Waals surface area contributed by atoms with E-state index in [9.17, 15) is 0 Å². The maximum Gasteiger partial charge on any atom is 0.119 e. The van der Waals surface area contributed by atoms with Crippen LogP contribution in [0.15, 0.2) is 40.8 Å². The van der Waals surface area contributed by atoms with Crippen LogP contribution in [0.2, 0.25) is 0 Å². The molecule has 0 saturated carbocycles. The number of allylic oxidation sites excluding steroid dienone is 1. The largest absolute Gasteiger partial charge is 0.491 e. The van der Waals surface area contributed by atoms with Gasteiger partial charge in [0.25, 0.3) is 0 Å². The molecule has 0 aliphatic heterocycles. The molecule has 1 aromatic carbocycles. The van der Waals surface area contributed by atoms with Crippen LogP contribution in [0.1, 0.15) is 13.8 Å². The van der Waals surface area contributed by atoms with Crippen molar-refractivity contribution in [1.82, 2.24) is 0 Å². The van der Waals surface area contributed by atoms with Crippen molar-refractivity contribution in [2.45, 2.75) is 18.7 Å². The Balaban J connectivity index is 2.42. The molecule has 1 rings (SSSR count). The Morgan fingerprint density at radius 2 is 2.00 bits per heavy atom. The predicted molar refractivity (Wildman–Crippen MR) is 69.2 cm³/mol. The van der Waals surface area contributed by atoms with Crippen molar-refractivity contribution in [1.29, 1.82) is 0 Å². The molecule has 0 aliphatic rings. The molecule has 88 valence electrons. The maximum absolute atomic E-state index is 8.61. The summed E-state index contributed by atoms with van der Waals surface area (Å²) in [6.07, 6.45) is 2.21. The summed E-state index contributed by atoms with van der Waals surface area (Å²) in [6.45, 7) is 4.61. The van der Waals surface area contributed by atoms with Crippen LogP contribution in [0.5, 0.6) is 5.75 Å². The highest BCUT2D eigenvalue weighted by Gasteiger charge is 1.95. The summed E-state index contributed by atoms with van der Waals surface area (Å²) in [6, 6.07) is 7.94. The predicted octanol–water partition coefficient (Wildman–Crippen LogP) is 3.12. The Kier molecular flexibility index (Phi) is 6.04. The summed E-state index contributed by atoms with van der Waals surface area (Å²) in [5.74, 6) is 1.81. The third kappa shape index (κ3) is 5.24. The van der Waals surface area contributed by atoms with Gasteiger partial charge in [-0.1, -0.05) is 11.6 Å². The second-order valence-electron chi connectivity index (χ2n) is 3.64. The van der Waals surface area contributed by atoms with E-state index < -0.39 is 0 Å². The summed E-state index contributed by atoms with van der Waals surface area (Å²) in [4.78, 5) is 1.23. The maximum atomic E-state index is 8.61. The average molecular weight is 238 g/mol. The minimum atomic E-state index is 0.0527. The van der Waals surface area contributed by atoms with E-state index in [2.05, 4.69) is 19.9 Å². The standard InChI is InChI=1S/C13H18O2S/c1-11(2)7-10-16-13-5-3-12(4-6-13)15-9-8-14/h3-7,14H,8-10H2,1-2H3. The van der Waals surface area contributed by atoms with Gasteiger partial charge in [0.1, 0.15) is 12.4 Å². The first-order chi connectivity index (χ1) is 7.72. The summed E-state index contributed by atoms with van der Waals surface area (Å²) in [5.41, 5.74) is 1.34. The molecule has 0 aromatic heterocycles. The van der Waals surface area contributed by atoms with Crippen molar-refractivity contribution in [3.8, 4) is 5.75 Å². The number of thioether (sulfide) groups is 1. The average Bonchev–Trinajstić information content (AvgIpc) is 2.27. The second-order valence-corrected chi connectivity index (χ2v) is 4.73. The van der Waals surface area contributed by atoms with Crippen LogP contribution in [0.25, 0.3) is 0 Å². The fourth-order valence-corrected chi connectivity index (χ4v) is 2.04. The van der Waals surface area contributed by atoms with Crippen molar-refractivity contribution >= 4 is 11.8 Å². The van der Waals surface area contributed by atoms with Gasteiger partial charge < -0.3 is 9.84 Å². The molecule has 0 heterocycles. The van der Waals surface area contributed by atoms with E-state index in [-0.39, 0.29) is 6.61 Å². The van der Waals surface area contributed by atoms with E-state index in [1.54, 1.807) is 11.8 Å². The fraction of sp³-hybridized carbons (Fsp3) is 0.385. The quantitative estimate of drug-likeness (QED) is 0.610. The van der Waals surface area contributed by atoms with Gasteiger partial charge in [0.15, 0.2) is 0 Å². The molecule has 3 heteroatoms. The summed E-state index contributed by atoms with van der Waals surface area (Å²) in [5, 5.41) is 8.61. The van der Waals surface area contributed by atoms with E-state index in [1.807, 2.05) is 24.3 Å². The minimum Gasteiger partial charge on any atom is -0.491 e. The lowest BCUT2D eigenvalue weighted by atomic mass is 10.3. The Hall–Kier alpha value is -0.930. The van der Waals surface area contributed by atoms with Gasteiger partial charge in [-0.3, -0.25) is 0 Å². The molecule has 2 nitrogen and oxygen atoms in total. The molecule has 0 aliphatic carbocycles. The lowest BCUT2D eigenvalue weighted by molar-refractivity contribution is 0.201. The van der Waals surface area contributed by atoms with Crippen molar-refractivity contribution in [3.05, 3.63) is 35.9 Å². The topological polar surface area (TPSA) is 29.5 Å². The van der Waals surface area contributed by atoms with Crippen molar-refractivity contribution < 1.29 is 9.84 Å². The Labute approximate surface area is 101 Å². The number of aliphatic hydroxyl groups excluding tert-OH is 1. The lowest BCUT2D eigenvalue weighted by Crippen LogP contribution is -2.01. The summed E-state index contributed by atoms with van der Waals surface area (Å²) < 4.78 is 5.28. The Morgan fingerprint density at radius 1 is 1.31 bits per heavy atom. The molecule has 0 unspecified atom stereocenters. The van der Waals surface area contributed by atoms with Gasteiger partial charge in [-0.25, -0.2) is 0 Å². The Bertz CT molecular complexity index is 326. The number of rotatable bonds is 6. The van der Waals surface area contributed by atoms with E-state index >= 15 is 0 Å². The number of aliphatic hydroxyl groups is 1. The van der Waals surface area contributed by atoms with E-state index in [0.717, 1.165) is 11.5 Å². The van der Waals surface area contributed by atoms with Crippen LogP contribution in [0.4, 0.5) is 0 Å². The molecule has 0 amide bonds. The van der Waals surface area contributed by atoms with Gasteiger partial charge in [0.05, 0.1) is 6.61 Å². The highest BCUT2D eigenvalue weighted by molar-refractivity contribution is 7.99. The highest BCUT2D eigenvalue weighted by Crippen LogP contribution is 2.21. The molecule has 1 N–H and O–H groups in total. The molecular weight excluding hydrogens is 220 g/mol. The zero-order chi connectivity index (χ0) is 11.8. The first kappa shape index (κ1) is 13.1. The SMILES string of the molecule is CC(C)=CCSc1ccc(OCCO)cc1. The van der Waals surface area contributed by atoms with Gasteiger partial charge in [0.2, 0.25) is 0 Å². The number of hydrogen-bond donors (Lipinski definition) is 1. The lowest BCUT2D eigenvalue weighted by Gasteiger charge is -2.04. The van der Waals surface area contributed by atoms with Gasteiger partial charge >= 0.3 is 0 Å². The molecule has 0 bridgehead atoms. The number of benzene rings is 1. The van der Waals surface area contributed by atoms with Crippen molar-refractivity contribution in [3.63, 3.8) is 0 Å². The smallest absolute Gasteiger partial charge is 0.119 e. The molecule has 0 atom stereocenters. The van der Waals surface area contributed by atoms with Crippen molar-refractivity contribution in [2.75, 3.05) is 19.0 Å². The molecule has 1 aromatic rings. The van der Waals surface area contributed by atoms with Gasteiger partial charge in [-0.05, 0) is 38.1 Å². The molecule has 16 heavy (non-hydrogen) atoms. The Morgan fingerprint density at radius 3 is 2.56 bits per heavy atom. The number of ether oxygens (including phenoxy) is 1. The highest BCUT2D eigenvalue weighted by atomic mass is 32.2. The third-order valence-corrected chi connectivity index (χ3v) is 2.86. The minimum absolute atomic E-state index is 0.0527. The molecule has 0 radical (unpaired) electrons. The molecule has 0 spiro atoms. The van der Waals surface area contributed by atoms with E-state index in [0.29, 0.717) is 6.61 Å². The van der Waals surface area contributed by atoms with Crippen LogP contribution >= 0.6 is 11.8 Å². The summed E-state index contributed by atoms with van der Waals surface area (Å²) in [7, 11) is 0. The first-order valence-electron chi connectivity index (χ1n) is 5.32. The van der Waals surface area contributed by atoms with E-state index in [4.69, 9.17) is 9.84 Å². The fourth-order valence-electron chi connectivity index (χ4n) is 1.10. The molecule has 0 saturated heterocycles. The van der Waals surface area contributed by atoms with Crippen LogP contribution in [-0.4, -0.2) is 24.1 Å². The van der Waals surface area contributed by atoms with Gasteiger partial charge in [-0.2, -0.15) is 0 Å². The van der Waals surface area contributed by atoms with E-state index in [1.165, 1.54) is 10.5 Å². The molecule has 0 fully saturated rings. The summed E-state index contributed by atoms with van der Waals surface area (Å²) >= 11 is 1.80. The normalized spacial score (nSPS) is 9.94. The monoisotopic (exact) mass is 238 g/mol. The van der Waals surface area contributed by atoms with Crippen LogP contribution in [-0.2, 0) is 0 Å². The first-order valence-corrected chi connectivity index (χ1v) is 6.31. The second kappa shape index (κ2) is 7.36. The third-order valence-electron chi connectivity index (χ3n) is 1.93. The zero-order valence-corrected chi connectivity index (χ0v) is 10.6. The van der Waals surface area contributed by atoms with Crippen LogP contribution in [0, 0.1) is 0 Å².